The summed E-state index contributed by atoms with van der Waals surface area (Å²) < 4.78 is 11.7. The van der Waals surface area contributed by atoms with Gasteiger partial charge >= 0.3 is 0 Å². The van der Waals surface area contributed by atoms with Crippen molar-refractivity contribution in [2.24, 2.45) is 0 Å². The second kappa shape index (κ2) is 9.75. The molecule has 4 heteroatoms. The van der Waals surface area contributed by atoms with Crippen molar-refractivity contribution in [1.29, 1.82) is 0 Å². The highest BCUT2D eigenvalue weighted by atomic mass is 16.5. The standard InChI is InChI=1S/C28H28N2O2/c1-2-6-22(7-3-1)21-32-28-15-10-23-8-4-5-9-26(23)27(28)20-29-24-11-13-25(14-12-24)30-16-18-31-19-17-30/h1-15,29H,16-21H2. The third-order valence-electron chi connectivity index (χ3n) is 5.95. The lowest BCUT2D eigenvalue weighted by Gasteiger charge is -2.29. The summed E-state index contributed by atoms with van der Waals surface area (Å²) >= 11 is 0. The highest BCUT2D eigenvalue weighted by molar-refractivity contribution is 5.88. The van der Waals surface area contributed by atoms with Crippen LogP contribution in [0.5, 0.6) is 5.75 Å². The molecular weight excluding hydrogens is 396 g/mol. The van der Waals surface area contributed by atoms with Crippen LogP contribution in [0.2, 0.25) is 0 Å². The smallest absolute Gasteiger partial charge is 0.125 e. The van der Waals surface area contributed by atoms with E-state index in [0.29, 0.717) is 13.2 Å². The van der Waals surface area contributed by atoms with Gasteiger partial charge in [0.25, 0.3) is 0 Å². The number of nitrogens with one attached hydrogen (secondary N) is 1. The number of fused-ring (bicyclic) bond motifs is 1. The number of nitrogens with zero attached hydrogens (tertiary/aromatic N) is 1. The van der Waals surface area contributed by atoms with Crippen LogP contribution in [0.25, 0.3) is 10.8 Å². The Morgan fingerprint density at radius 2 is 1.53 bits per heavy atom. The molecular formula is C28H28N2O2. The van der Waals surface area contributed by atoms with E-state index < -0.39 is 0 Å². The fourth-order valence-corrected chi connectivity index (χ4v) is 4.17. The molecule has 1 heterocycles. The summed E-state index contributed by atoms with van der Waals surface area (Å²) in [6.45, 7) is 4.75. The van der Waals surface area contributed by atoms with Crippen molar-refractivity contribution in [1.82, 2.24) is 0 Å². The maximum absolute atomic E-state index is 6.26. The van der Waals surface area contributed by atoms with E-state index in [1.165, 1.54) is 27.6 Å². The molecule has 0 bridgehead atoms. The van der Waals surface area contributed by atoms with E-state index >= 15 is 0 Å². The Hall–Kier alpha value is -3.50. The fraction of sp³-hybridized carbons (Fsp3) is 0.214. The van der Waals surface area contributed by atoms with Crippen LogP contribution in [0.4, 0.5) is 11.4 Å². The Kier molecular flexibility index (Phi) is 6.22. The fourth-order valence-electron chi connectivity index (χ4n) is 4.17. The van der Waals surface area contributed by atoms with Crippen molar-refractivity contribution >= 4 is 22.1 Å². The third kappa shape index (κ3) is 4.71. The number of rotatable bonds is 7. The molecule has 4 aromatic carbocycles. The normalized spacial score (nSPS) is 13.8. The van der Waals surface area contributed by atoms with Gasteiger partial charge in [0.2, 0.25) is 0 Å². The minimum atomic E-state index is 0.556. The van der Waals surface area contributed by atoms with Crippen molar-refractivity contribution in [2.75, 3.05) is 36.5 Å². The topological polar surface area (TPSA) is 33.7 Å². The van der Waals surface area contributed by atoms with E-state index in [1.54, 1.807) is 0 Å². The summed E-state index contributed by atoms with van der Waals surface area (Å²) in [5.41, 5.74) is 4.69. The molecule has 1 aliphatic rings. The Labute approximate surface area is 189 Å². The van der Waals surface area contributed by atoms with Gasteiger partial charge in [-0.2, -0.15) is 0 Å². The summed E-state index contributed by atoms with van der Waals surface area (Å²) in [6.07, 6.45) is 0. The Balaban J connectivity index is 1.34. The average Bonchev–Trinajstić information content (AvgIpc) is 2.88. The zero-order valence-electron chi connectivity index (χ0n) is 18.2. The zero-order valence-corrected chi connectivity index (χ0v) is 18.2. The predicted octanol–water partition coefficient (Wildman–Crippen LogP) is 5.87. The van der Waals surface area contributed by atoms with Gasteiger partial charge in [-0.05, 0) is 46.7 Å². The van der Waals surface area contributed by atoms with Gasteiger partial charge in [0.1, 0.15) is 12.4 Å². The summed E-state index contributed by atoms with van der Waals surface area (Å²) in [4.78, 5) is 2.37. The highest BCUT2D eigenvalue weighted by Gasteiger charge is 2.12. The van der Waals surface area contributed by atoms with Crippen LogP contribution in [0.15, 0.2) is 91.0 Å². The number of ether oxygens (including phenoxy) is 2. The molecule has 1 fully saturated rings. The van der Waals surface area contributed by atoms with E-state index in [0.717, 1.165) is 37.7 Å². The molecule has 0 unspecified atom stereocenters. The molecule has 162 valence electrons. The number of anilines is 2. The molecule has 1 aliphatic heterocycles. The lowest BCUT2D eigenvalue weighted by Crippen LogP contribution is -2.36. The quantitative estimate of drug-likeness (QED) is 0.402. The number of morpholine rings is 1. The Morgan fingerprint density at radius 3 is 2.34 bits per heavy atom. The van der Waals surface area contributed by atoms with Gasteiger partial charge in [0, 0.05) is 36.6 Å². The summed E-state index contributed by atoms with van der Waals surface area (Å²) in [5, 5.41) is 6.04. The van der Waals surface area contributed by atoms with Crippen LogP contribution in [0, 0.1) is 0 Å². The van der Waals surface area contributed by atoms with Crippen molar-refractivity contribution < 1.29 is 9.47 Å². The molecule has 0 aliphatic carbocycles. The second-order valence-corrected chi connectivity index (χ2v) is 8.04. The first kappa shape index (κ1) is 20.4. The lowest BCUT2D eigenvalue weighted by atomic mass is 10.0. The van der Waals surface area contributed by atoms with E-state index in [2.05, 4.69) is 83.0 Å². The van der Waals surface area contributed by atoms with Crippen molar-refractivity contribution in [3.05, 3.63) is 102 Å². The van der Waals surface area contributed by atoms with E-state index in [4.69, 9.17) is 9.47 Å². The van der Waals surface area contributed by atoms with E-state index in [1.807, 2.05) is 18.2 Å². The first-order chi connectivity index (χ1) is 15.9. The molecule has 4 nitrogen and oxygen atoms in total. The van der Waals surface area contributed by atoms with Crippen LogP contribution in [0.1, 0.15) is 11.1 Å². The highest BCUT2D eigenvalue weighted by Crippen LogP contribution is 2.30. The Morgan fingerprint density at radius 1 is 0.781 bits per heavy atom. The molecule has 1 N–H and O–H groups in total. The summed E-state index contributed by atoms with van der Waals surface area (Å²) in [5.74, 6) is 0.921. The minimum Gasteiger partial charge on any atom is -0.489 e. The first-order valence-electron chi connectivity index (χ1n) is 11.2. The summed E-state index contributed by atoms with van der Waals surface area (Å²) in [7, 11) is 0. The molecule has 5 rings (SSSR count). The van der Waals surface area contributed by atoms with Crippen molar-refractivity contribution in [3.8, 4) is 5.75 Å². The van der Waals surface area contributed by atoms with Gasteiger partial charge in [-0.25, -0.2) is 0 Å². The first-order valence-corrected chi connectivity index (χ1v) is 11.2. The van der Waals surface area contributed by atoms with Gasteiger partial charge in [-0.3, -0.25) is 0 Å². The second-order valence-electron chi connectivity index (χ2n) is 8.04. The number of benzene rings is 4. The largest absolute Gasteiger partial charge is 0.489 e. The average molecular weight is 425 g/mol. The molecule has 0 saturated carbocycles. The number of hydrogen-bond donors (Lipinski definition) is 1. The van der Waals surface area contributed by atoms with Crippen LogP contribution >= 0.6 is 0 Å². The molecule has 0 radical (unpaired) electrons. The third-order valence-corrected chi connectivity index (χ3v) is 5.95. The lowest BCUT2D eigenvalue weighted by molar-refractivity contribution is 0.122. The van der Waals surface area contributed by atoms with Crippen LogP contribution in [0.3, 0.4) is 0 Å². The molecule has 0 amide bonds. The monoisotopic (exact) mass is 424 g/mol. The van der Waals surface area contributed by atoms with Crippen LogP contribution < -0.4 is 15.0 Å². The van der Waals surface area contributed by atoms with Gasteiger partial charge < -0.3 is 19.7 Å². The van der Waals surface area contributed by atoms with Crippen molar-refractivity contribution in [2.45, 2.75) is 13.2 Å². The molecule has 0 atom stereocenters. The van der Waals surface area contributed by atoms with Gasteiger partial charge in [-0.1, -0.05) is 60.7 Å². The zero-order chi connectivity index (χ0) is 21.6. The van der Waals surface area contributed by atoms with Crippen LogP contribution in [-0.4, -0.2) is 26.3 Å². The minimum absolute atomic E-state index is 0.556. The van der Waals surface area contributed by atoms with Gasteiger partial charge in [-0.15, -0.1) is 0 Å². The predicted molar refractivity (Wildman–Crippen MR) is 132 cm³/mol. The van der Waals surface area contributed by atoms with Gasteiger partial charge in [0.05, 0.1) is 13.2 Å². The maximum Gasteiger partial charge on any atom is 0.125 e. The van der Waals surface area contributed by atoms with E-state index in [-0.39, 0.29) is 0 Å². The maximum atomic E-state index is 6.26. The summed E-state index contributed by atoms with van der Waals surface area (Å²) in [6, 6.07) is 31.7. The van der Waals surface area contributed by atoms with E-state index in [9.17, 15) is 0 Å². The SMILES string of the molecule is c1ccc(COc2ccc3ccccc3c2CNc2ccc(N3CCOCC3)cc2)cc1. The molecule has 32 heavy (non-hydrogen) atoms. The Bertz CT molecular complexity index is 1150. The molecule has 0 aromatic heterocycles. The van der Waals surface area contributed by atoms with Gasteiger partial charge in [0.15, 0.2) is 0 Å². The molecule has 4 aromatic rings. The number of hydrogen-bond acceptors (Lipinski definition) is 4. The molecule has 0 spiro atoms. The van der Waals surface area contributed by atoms with Crippen molar-refractivity contribution in [3.63, 3.8) is 0 Å². The molecule has 1 saturated heterocycles. The van der Waals surface area contributed by atoms with Crippen LogP contribution in [-0.2, 0) is 17.9 Å².